The zero-order chi connectivity index (χ0) is 24.5. The Morgan fingerprint density at radius 2 is 1.86 bits per heavy atom. The quantitative estimate of drug-likeness (QED) is 0.629. The molecule has 2 aliphatic heterocycles. The molecule has 1 amide bonds. The van der Waals surface area contributed by atoms with Gasteiger partial charge in [0.2, 0.25) is 5.91 Å². The molecule has 35 heavy (non-hydrogen) atoms. The minimum Gasteiger partial charge on any atom is -0.353 e. The number of rotatable bonds is 5. The van der Waals surface area contributed by atoms with Gasteiger partial charge < -0.3 is 14.7 Å². The molecular formula is C26H34ClFN6O. The Morgan fingerprint density at radius 3 is 2.57 bits per heavy atom. The van der Waals surface area contributed by atoms with Crippen LogP contribution >= 0.6 is 11.6 Å². The van der Waals surface area contributed by atoms with Crippen molar-refractivity contribution in [2.45, 2.75) is 31.6 Å². The van der Waals surface area contributed by atoms with Crippen LogP contribution in [0.15, 0.2) is 24.5 Å². The monoisotopic (exact) mass is 500 g/mol. The summed E-state index contributed by atoms with van der Waals surface area (Å²) in [5, 5.41) is 0.0831. The number of anilines is 1. The highest BCUT2D eigenvalue weighted by Gasteiger charge is 2.33. The molecular weight excluding hydrogens is 467 g/mol. The van der Waals surface area contributed by atoms with Crippen LogP contribution < -0.4 is 4.90 Å². The second kappa shape index (κ2) is 10.4. The number of carbonyl (C=O) groups is 1. The molecule has 2 aromatic rings. The Balaban J connectivity index is 1.31. The molecule has 9 heteroatoms. The van der Waals surface area contributed by atoms with Gasteiger partial charge in [-0.3, -0.25) is 9.69 Å². The van der Waals surface area contributed by atoms with Gasteiger partial charge in [-0.1, -0.05) is 24.6 Å². The first-order valence-electron chi connectivity index (χ1n) is 12.6. The van der Waals surface area contributed by atoms with Crippen LogP contribution in [0.25, 0.3) is 0 Å². The lowest BCUT2D eigenvalue weighted by Gasteiger charge is -2.39. The summed E-state index contributed by atoms with van der Waals surface area (Å²) in [5.74, 6) is 0.665. The molecule has 188 valence electrons. The van der Waals surface area contributed by atoms with Crippen LogP contribution in [0.3, 0.4) is 0 Å². The van der Waals surface area contributed by atoms with Gasteiger partial charge >= 0.3 is 0 Å². The summed E-state index contributed by atoms with van der Waals surface area (Å²) in [6.45, 7) is 9.30. The standard InChI is InChI=1S/C26H34ClFN6O/c1-18-3-6-23-24(18)25(30-17-29-23)33-11-13-34(14-12-33)26(35)20(16-32-9-7-31(2)8-10-32)19-4-5-21(27)22(28)15-19/h4-5,15,17-18,20H,3,6-14,16H2,1-2H3/t18-,20+/m1/s1. The zero-order valence-corrected chi connectivity index (χ0v) is 21.3. The number of amides is 1. The Labute approximate surface area is 211 Å². The molecule has 2 saturated heterocycles. The lowest BCUT2D eigenvalue weighted by molar-refractivity contribution is -0.133. The fourth-order valence-corrected chi connectivity index (χ4v) is 5.70. The minimum atomic E-state index is -0.475. The van der Waals surface area contributed by atoms with E-state index in [9.17, 15) is 9.18 Å². The smallest absolute Gasteiger partial charge is 0.231 e. The predicted octanol–water partition coefficient (Wildman–Crippen LogP) is 3.00. The zero-order valence-electron chi connectivity index (χ0n) is 20.6. The highest BCUT2D eigenvalue weighted by Crippen LogP contribution is 2.37. The fourth-order valence-electron chi connectivity index (χ4n) is 5.58. The Kier molecular flexibility index (Phi) is 7.23. The van der Waals surface area contributed by atoms with Crippen LogP contribution in [0.1, 0.15) is 42.0 Å². The molecule has 0 radical (unpaired) electrons. The van der Waals surface area contributed by atoms with Gasteiger partial charge in [0, 0.05) is 70.2 Å². The number of halogens is 2. The van der Waals surface area contributed by atoms with Crippen molar-refractivity contribution in [3.05, 3.63) is 52.2 Å². The number of aryl methyl sites for hydroxylation is 1. The molecule has 1 aromatic carbocycles. The molecule has 0 unspecified atom stereocenters. The van der Waals surface area contributed by atoms with Gasteiger partial charge in [0.05, 0.1) is 10.9 Å². The molecule has 2 fully saturated rings. The number of carbonyl (C=O) groups excluding carboxylic acids is 1. The summed E-state index contributed by atoms with van der Waals surface area (Å²) in [6.07, 6.45) is 3.80. The van der Waals surface area contributed by atoms with Crippen molar-refractivity contribution in [3.63, 3.8) is 0 Å². The van der Waals surface area contributed by atoms with Gasteiger partial charge in [-0.15, -0.1) is 0 Å². The second-order valence-electron chi connectivity index (χ2n) is 10.1. The first kappa shape index (κ1) is 24.4. The first-order chi connectivity index (χ1) is 16.9. The van der Waals surface area contributed by atoms with Crippen LogP contribution in [0.4, 0.5) is 10.2 Å². The van der Waals surface area contributed by atoms with Crippen molar-refractivity contribution >= 4 is 23.3 Å². The summed E-state index contributed by atoms with van der Waals surface area (Å²) >= 11 is 5.94. The van der Waals surface area contributed by atoms with Crippen molar-refractivity contribution in [1.29, 1.82) is 0 Å². The maximum Gasteiger partial charge on any atom is 0.231 e. The van der Waals surface area contributed by atoms with Crippen molar-refractivity contribution in [3.8, 4) is 0 Å². The third kappa shape index (κ3) is 5.15. The van der Waals surface area contributed by atoms with E-state index in [1.165, 1.54) is 11.6 Å². The SMILES string of the molecule is C[C@@H]1CCc2ncnc(N3CCN(C(=O)[C@@H](CN4CCN(C)CC4)c4ccc(Cl)c(F)c4)CC3)c21. The minimum absolute atomic E-state index is 0.0617. The number of hydrogen-bond acceptors (Lipinski definition) is 6. The highest BCUT2D eigenvalue weighted by molar-refractivity contribution is 6.30. The third-order valence-electron chi connectivity index (χ3n) is 7.82. The third-order valence-corrected chi connectivity index (χ3v) is 8.13. The molecule has 0 saturated carbocycles. The summed E-state index contributed by atoms with van der Waals surface area (Å²) in [7, 11) is 2.11. The first-order valence-corrected chi connectivity index (χ1v) is 13.0. The average molecular weight is 501 g/mol. The summed E-state index contributed by atoms with van der Waals surface area (Å²) < 4.78 is 14.4. The molecule has 1 aromatic heterocycles. The largest absolute Gasteiger partial charge is 0.353 e. The highest BCUT2D eigenvalue weighted by atomic mass is 35.5. The molecule has 7 nitrogen and oxygen atoms in total. The normalized spacial score (nSPS) is 22.3. The van der Waals surface area contributed by atoms with E-state index in [2.05, 4.69) is 38.6 Å². The van der Waals surface area contributed by atoms with Gasteiger partial charge in [0.1, 0.15) is 18.0 Å². The second-order valence-corrected chi connectivity index (χ2v) is 10.5. The van der Waals surface area contributed by atoms with E-state index < -0.39 is 11.7 Å². The van der Waals surface area contributed by atoms with Gasteiger partial charge in [-0.05, 0) is 43.5 Å². The van der Waals surface area contributed by atoms with E-state index in [-0.39, 0.29) is 10.9 Å². The van der Waals surface area contributed by atoms with Crippen LogP contribution in [-0.2, 0) is 11.2 Å². The Hall–Kier alpha value is -2.29. The Morgan fingerprint density at radius 1 is 1.11 bits per heavy atom. The lowest BCUT2D eigenvalue weighted by atomic mass is 9.95. The molecule has 2 atom stereocenters. The maximum atomic E-state index is 14.4. The number of likely N-dealkylation sites (N-methyl/N-ethyl adjacent to an activating group) is 1. The summed E-state index contributed by atoms with van der Waals surface area (Å²) in [5.41, 5.74) is 3.13. The molecule has 0 N–H and O–H groups in total. The molecule has 3 heterocycles. The number of fused-ring (bicyclic) bond motifs is 1. The van der Waals surface area contributed by atoms with Gasteiger partial charge in [0.25, 0.3) is 0 Å². The van der Waals surface area contributed by atoms with E-state index in [1.807, 2.05) is 4.90 Å². The molecule has 1 aliphatic carbocycles. The maximum absolute atomic E-state index is 14.4. The van der Waals surface area contributed by atoms with Crippen LogP contribution in [0, 0.1) is 5.82 Å². The van der Waals surface area contributed by atoms with E-state index >= 15 is 0 Å². The molecule has 0 spiro atoms. The van der Waals surface area contributed by atoms with Crippen LogP contribution in [0.2, 0.25) is 5.02 Å². The summed E-state index contributed by atoms with van der Waals surface area (Å²) in [4.78, 5) is 31.8. The van der Waals surface area contributed by atoms with Gasteiger partial charge in [-0.25, -0.2) is 14.4 Å². The number of hydrogen-bond donors (Lipinski definition) is 0. The molecule has 5 rings (SSSR count). The van der Waals surface area contributed by atoms with E-state index in [0.717, 1.165) is 63.6 Å². The average Bonchev–Trinajstić information content (AvgIpc) is 3.26. The topological polar surface area (TPSA) is 55.8 Å². The van der Waals surface area contributed by atoms with Crippen LogP contribution in [-0.4, -0.2) is 96.5 Å². The molecule has 3 aliphatic rings. The number of benzene rings is 1. The molecule has 0 bridgehead atoms. The van der Waals surface area contributed by atoms with Crippen molar-refractivity contribution < 1.29 is 9.18 Å². The lowest BCUT2D eigenvalue weighted by Crippen LogP contribution is -2.52. The van der Waals surface area contributed by atoms with E-state index in [0.29, 0.717) is 31.1 Å². The van der Waals surface area contributed by atoms with Crippen molar-refractivity contribution in [2.24, 2.45) is 0 Å². The Bertz CT molecular complexity index is 1070. The van der Waals surface area contributed by atoms with Crippen molar-refractivity contribution in [2.75, 3.05) is 70.9 Å². The van der Waals surface area contributed by atoms with Crippen LogP contribution in [0.5, 0.6) is 0 Å². The van der Waals surface area contributed by atoms with E-state index in [1.54, 1.807) is 18.5 Å². The van der Waals surface area contributed by atoms with E-state index in [4.69, 9.17) is 11.6 Å². The van der Waals surface area contributed by atoms with Gasteiger partial charge in [0.15, 0.2) is 0 Å². The number of aromatic nitrogens is 2. The number of nitrogens with zero attached hydrogens (tertiary/aromatic N) is 6. The fraction of sp³-hybridized carbons (Fsp3) is 0.577. The predicted molar refractivity (Wildman–Crippen MR) is 136 cm³/mol. The summed E-state index contributed by atoms with van der Waals surface area (Å²) in [6, 6.07) is 4.79. The van der Waals surface area contributed by atoms with Gasteiger partial charge in [-0.2, -0.15) is 0 Å². The van der Waals surface area contributed by atoms with Crippen molar-refractivity contribution in [1.82, 2.24) is 24.7 Å². The number of piperazine rings is 2.